The lowest BCUT2D eigenvalue weighted by molar-refractivity contribution is -0.0589. The first-order valence-corrected chi connectivity index (χ1v) is 8.54. The zero-order chi connectivity index (χ0) is 21.4. The van der Waals surface area contributed by atoms with Gasteiger partial charge >= 0.3 is 12.6 Å². The molecule has 1 aliphatic heterocycles. The van der Waals surface area contributed by atoms with Crippen LogP contribution in [0.3, 0.4) is 0 Å². The summed E-state index contributed by atoms with van der Waals surface area (Å²) in [4.78, 5) is 42.1. The summed E-state index contributed by atoms with van der Waals surface area (Å²) in [6.07, 6.45) is 0. The number of hydrogen-bond acceptors (Lipinski definition) is 7. The first kappa shape index (κ1) is 19.2. The number of aromatic nitrogens is 3. The molecule has 0 radical (unpaired) electrons. The van der Waals surface area contributed by atoms with Crippen LogP contribution in [0.4, 0.5) is 8.78 Å². The lowest BCUT2D eigenvalue weighted by atomic mass is 10.1. The van der Waals surface area contributed by atoms with Crippen molar-refractivity contribution in [1.82, 2.24) is 20.1 Å². The van der Waals surface area contributed by atoms with Crippen LogP contribution in [0.5, 0.6) is 5.75 Å². The summed E-state index contributed by atoms with van der Waals surface area (Å²) in [5, 5.41) is 7.96. The van der Waals surface area contributed by atoms with Gasteiger partial charge in [0.1, 0.15) is 5.75 Å². The first-order valence-electron chi connectivity index (χ1n) is 8.54. The Morgan fingerprint density at radius 2 is 1.60 bits per heavy atom. The molecule has 11 heteroatoms. The van der Waals surface area contributed by atoms with Gasteiger partial charge in [0.25, 0.3) is 11.8 Å². The number of hydroxylamine groups is 2. The second kappa shape index (κ2) is 7.35. The minimum atomic E-state index is -2.95. The summed E-state index contributed by atoms with van der Waals surface area (Å²) in [5.74, 6) is -2.62. The predicted octanol–water partition coefficient (Wildman–Crippen LogP) is 2.55. The number of ether oxygens (including phenoxy) is 1. The van der Waals surface area contributed by atoms with Crippen molar-refractivity contribution in [3.63, 3.8) is 0 Å². The maximum Gasteiger partial charge on any atom is 0.387 e. The van der Waals surface area contributed by atoms with Gasteiger partial charge < -0.3 is 9.57 Å². The van der Waals surface area contributed by atoms with E-state index in [1.165, 1.54) is 48.0 Å². The topological polar surface area (TPSA) is 104 Å². The summed E-state index contributed by atoms with van der Waals surface area (Å²) >= 11 is 0. The number of nitrogens with zero attached hydrogens (tertiary/aromatic N) is 4. The number of carbonyl (C=O) groups excluding carboxylic acids is 3. The van der Waals surface area contributed by atoms with Gasteiger partial charge in [0.05, 0.1) is 22.5 Å². The Labute approximate surface area is 167 Å². The highest BCUT2D eigenvalue weighted by Crippen LogP contribution is 2.24. The number of imide groups is 1. The molecule has 152 valence electrons. The minimum Gasteiger partial charge on any atom is -0.435 e. The Hall–Kier alpha value is -4.15. The molecule has 3 aromatic rings. The summed E-state index contributed by atoms with van der Waals surface area (Å²) in [6.45, 7) is -1.44. The molecule has 0 saturated carbocycles. The fourth-order valence-electron chi connectivity index (χ4n) is 2.91. The molecule has 30 heavy (non-hydrogen) atoms. The van der Waals surface area contributed by atoms with Crippen molar-refractivity contribution in [1.29, 1.82) is 0 Å². The van der Waals surface area contributed by atoms with Gasteiger partial charge in [0.2, 0.25) is 0 Å². The van der Waals surface area contributed by atoms with E-state index in [0.717, 1.165) is 0 Å². The SMILES string of the molecule is Cc1c(C(=O)ON2C(=O)c3ccccc3C2=O)nnn1-c1ccc(OC(F)F)cc1. The number of hydrogen-bond donors (Lipinski definition) is 0. The van der Waals surface area contributed by atoms with E-state index in [1.54, 1.807) is 12.1 Å². The van der Waals surface area contributed by atoms with E-state index in [-0.39, 0.29) is 28.3 Å². The Morgan fingerprint density at radius 1 is 1.00 bits per heavy atom. The van der Waals surface area contributed by atoms with Gasteiger partial charge in [0, 0.05) is 0 Å². The van der Waals surface area contributed by atoms with Crippen molar-refractivity contribution in [2.24, 2.45) is 0 Å². The third-order valence-electron chi connectivity index (χ3n) is 4.33. The maximum absolute atomic E-state index is 12.5. The molecule has 4 rings (SSSR count). The van der Waals surface area contributed by atoms with Crippen LogP contribution in [0, 0.1) is 6.92 Å². The van der Waals surface area contributed by atoms with Gasteiger partial charge in [-0.05, 0) is 43.3 Å². The predicted molar refractivity (Wildman–Crippen MR) is 95.1 cm³/mol. The van der Waals surface area contributed by atoms with Crippen molar-refractivity contribution < 1.29 is 32.7 Å². The van der Waals surface area contributed by atoms with Crippen molar-refractivity contribution in [2.45, 2.75) is 13.5 Å². The molecule has 0 unspecified atom stereocenters. The fourth-order valence-corrected chi connectivity index (χ4v) is 2.91. The zero-order valence-electron chi connectivity index (χ0n) is 15.3. The van der Waals surface area contributed by atoms with Crippen molar-refractivity contribution >= 4 is 17.8 Å². The molecular formula is C19H12F2N4O5. The van der Waals surface area contributed by atoms with Gasteiger partial charge in [0.15, 0.2) is 5.69 Å². The lowest BCUT2D eigenvalue weighted by Gasteiger charge is -2.11. The maximum atomic E-state index is 12.5. The summed E-state index contributed by atoms with van der Waals surface area (Å²) in [6, 6.07) is 11.6. The Morgan fingerprint density at radius 3 is 2.17 bits per heavy atom. The molecule has 0 bridgehead atoms. The quantitative estimate of drug-likeness (QED) is 0.591. The Balaban J connectivity index is 1.53. The third-order valence-corrected chi connectivity index (χ3v) is 4.33. The molecule has 2 heterocycles. The largest absolute Gasteiger partial charge is 0.435 e. The number of carbonyl (C=O) groups is 3. The standard InChI is InChI=1S/C19H12F2N4O5/c1-10-15(22-23-24(10)11-6-8-12(9-7-11)29-19(20)21)18(28)30-25-16(26)13-4-2-3-5-14(13)17(25)27/h2-9,19H,1H3. The highest BCUT2D eigenvalue weighted by Gasteiger charge is 2.39. The fraction of sp³-hybridized carbons (Fsp3) is 0.105. The number of fused-ring (bicyclic) bond motifs is 1. The van der Waals surface area contributed by atoms with Crippen molar-refractivity contribution in [3.8, 4) is 11.4 Å². The molecule has 0 N–H and O–H groups in total. The number of halogens is 2. The minimum absolute atomic E-state index is 0.0447. The molecule has 0 atom stereocenters. The summed E-state index contributed by atoms with van der Waals surface area (Å²) in [7, 11) is 0. The van der Waals surface area contributed by atoms with Crippen LogP contribution in [0.25, 0.3) is 5.69 Å². The number of benzene rings is 2. The number of alkyl halides is 2. The Kier molecular flexibility index (Phi) is 4.70. The van der Waals surface area contributed by atoms with Gasteiger partial charge in [-0.2, -0.15) is 8.78 Å². The van der Waals surface area contributed by atoms with Gasteiger partial charge in [-0.1, -0.05) is 22.4 Å². The molecule has 0 spiro atoms. The molecule has 2 amide bonds. The molecular weight excluding hydrogens is 402 g/mol. The van der Waals surface area contributed by atoms with E-state index in [0.29, 0.717) is 10.8 Å². The van der Waals surface area contributed by atoms with E-state index in [1.807, 2.05) is 0 Å². The second-order valence-corrected chi connectivity index (χ2v) is 6.14. The average Bonchev–Trinajstić information content (AvgIpc) is 3.22. The van der Waals surface area contributed by atoms with Crippen LogP contribution in [0.1, 0.15) is 36.9 Å². The molecule has 1 aromatic heterocycles. The monoisotopic (exact) mass is 414 g/mol. The highest BCUT2D eigenvalue weighted by atomic mass is 19.3. The van der Waals surface area contributed by atoms with Crippen LogP contribution in [-0.2, 0) is 4.84 Å². The molecule has 0 aliphatic carbocycles. The first-order chi connectivity index (χ1) is 14.4. The third kappa shape index (κ3) is 3.26. The van der Waals surface area contributed by atoms with Gasteiger partial charge in [-0.25, -0.2) is 9.48 Å². The van der Waals surface area contributed by atoms with E-state index in [2.05, 4.69) is 15.0 Å². The molecule has 0 saturated heterocycles. The molecule has 0 fully saturated rings. The van der Waals surface area contributed by atoms with E-state index in [4.69, 9.17) is 4.84 Å². The lowest BCUT2D eigenvalue weighted by Crippen LogP contribution is -2.33. The Bertz CT molecular complexity index is 1120. The van der Waals surface area contributed by atoms with Crippen molar-refractivity contribution in [3.05, 3.63) is 71.0 Å². The number of amides is 2. The van der Waals surface area contributed by atoms with Crippen LogP contribution in [0.2, 0.25) is 0 Å². The molecule has 1 aliphatic rings. The van der Waals surface area contributed by atoms with Crippen molar-refractivity contribution in [2.75, 3.05) is 0 Å². The normalized spacial score (nSPS) is 13.0. The van der Waals surface area contributed by atoms with E-state index >= 15 is 0 Å². The van der Waals surface area contributed by atoms with Crippen LogP contribution in [-0.4, -0.2) is 44.5 Å². The van der Waals surface area contributed by atoms with Gasteiger partial charge in [-0.15, -0.1) is 5.10 Å². The van der Waals surface area contributed by atoms with E-state index < -0.39 is 24.4 Å². The van der Waals surface area contributed by atoms with Crippen LogP contribution >= 0.6 is 0 Å². The smallest absolute Gasteiger partial charge is 0.387 e. The zero-order valence-corrected chi connectivity index (χ0v) is 15.3. The molecule has 9 nitrogen and oxygen atoms in total. The second-order valence-electron chi connectivity index (χ2n) is 6.14. The van der Waals surface area contributed by atoms with Crippen LogP contribution in [0.15, 0.2) is 48.5 Å². The van der Waals surface area contributed by atoms with Gasteiger partial charge in [-0.3, -0.25) is 9.59 Å². The average molecular weight is 414 g/mol. The summed E-state index contributed by atoms with van der Waals surface area (Å²) < 4.78 is 30.1. The highest BCUT2D eigenvalue weighted by molar-refractivity contribution is 6.21. The molecule has 2 aromatic carbocycles. The number of rotatable bonds is 5. The van der Waals surface area contributed by atoms with E-state index in [9.17, 15) is 23.2 Å². The van der Waals surface area contributed by atoms with Crippen LogP contribution < -0.4 is 4.74 Å². The summed E-state index contributed by atoms with van der Waals surface area (Å²) in [5.41, 5.74) is 0.698.